The molecular weight excluding hydrogens is 326 g/mol. The molecule has 0 bridgehead atoms. The van der Waals surface area contributed by atoms with Crippen molar-refractivity contribution in [2.45, 2.75) is 19.4 Å². The third-order valence-corrected chi connectivity index (χ3v) is 3.26. The maximum absolute atomic E-state index is 11.9. The molecule has 2 N–H and O–H groups in total. The Bertz CT molecular complexity index is 747. The molecule has 0 fully saturated rings. The van der Waals surface area contributed by atoms with Crippen LogP contribution in [-0.4, -0.2) is 22.8 Å². The average molecular weight is 343 g/mol. The van der Waals surface area contributed by atoms with Crippen LogP contribution in [-0.2, 0) is 16.0 Å². The highest BCUT2D eigenvalue weighted by Crippen LogP contribution is 2.18. The molecule has 0 spiro atoms. The third-order valence-electron chi connectivity index (χ3n) is 3.26. The molecule has 0 saturated carbocycles. The summed E-state index contributed by atoms with van der Waals surface area (Å²) in [5, 5.41) is 10.6. The molecule has 0 aliphatic heterocycles. The first-order chi connectivity index (χ1) is 12.0. The zero-order chi connectivity index (χ0) is 18.2. The summed E-state index contributed by atoms with van der Waals surface area (Å²) in [6.07, 6.45) is -0.753. The molecule has 1 unspecified atom stereocenters. The molecular formula is C17H17N3O5. The zero-order valence-corrected chi connectivity index (χ0v) is 13.5. The third kappa shape index (κ3) is 5.61. The van der Waals surface area contributed by atoms with Gasteiger partial charge in [-0.2, -0.15) is 0 Å². The number of rotatable bonds is 6. The van der Waals surface area contributed by atoms with Crippen molar-refractivity contribution in [2.75, 3.05) is 0 Å². The van der Waals surface area contributed by atoms with E-state index in [4.69, 9.17) is 4.74 Å². The second-order valence-electron chi connectivity index (χ2n) is 5.21. The minimum absolute atomic E-state index is 0.0716. The minimum atomic E-state index is -0.890. The summed E-state index contributed by atoms with van der Waals surface area (Å²) >= 11 is 0. The summed E-state index contributed by atoms with van der Waals surface area (Å²) in [5.74, 6) is -0.592. The number of carbonyl (C=O) groups excluding carboxylic acids is 2. The predicted octanol–water partition coefficient (Wildman–Crippen LogP) is 1.75. The van der Waals surface area contributed by atoms with Gasteiger partial charge in [0.1, 0.15) is 5.75 Å². The molecule has 0 radical (unpaired) electrons. The van der Waals surface area contributed by atoms with Gasteiger partial charge < -0.3 is 4.74 Å². The Morgan fingerprint density at radius 3 is 2.32 bits per heavy atom. The van der Waals surface area contributed by atoms with Crippen LogP contribution in [0.15, 0.2) is 54.6 Å². The fourth-order valence-electron chi connectivity index (χ4n) is 1.96. The molecule has 0 aliphatic carbocycles. The van der Waals surface area contributed by atoms with E-state index in [1.54, 1.807) is 0 Å². The van der Waals surface area contributed by atoms with Crippen LogP contribution in [0.4, 0.5) is 5.69 Å². The van der Waals surface area contributed by atoms with Crippen molar-refractivity contribution in [1.82, 2.24) is 10.9 Å². The van der Waals surface area contributed by atoms with E-state index < -0.39 is 16.9 Å². The highest BCUT2D eigenvalue weighted by Gasteiger charge is 2.16. The summed E-state index contributed by atoms with van der Waals surface area (Å²) in [5.41, 5.74) is 5.35. The molecule has 8 nitrogen and oxygen atoms in total. The van der Waals surface area contributed by atoms with Gasteiger partial charge in [0, 0.05) is 12.1 Å². The summed E-state index contributed by atoms with van der Waals surface area (Å²) in [6, 6.07) is 14.5. The normalized spacial score (nSPS) is 11.2. The number of nitro benzene ring substituents is 1. The lowest BCUT2D eigenvalue weighted by Gasteiger charge is -2.15. The van der Waals surface area contributed by atoms with Crippen LogP contribution in [0.2, 0.25) is 0 Å². The van der Waals surface area contributed by atoms with E-state index in [0.29, 0.717) is 5.75 Å². The summed E-state index contributed by atoms with van der Waals surface area (Å²) in [6.45, 7) is 1.50. The Morgan fingerprint density at radius 1 is 1.08 bits per heavy atom. The van der Waals surface area contributed by atoms with Crippen LogP contribution in [0, 0.1) is 10.1 Å². The van der Waals surface area contributed by atoms with Crippen molar-refractivity contribution in [3.8, 4) is 5.75 Å². The van der Waals surface area contributed by atoms with Gasteiger partial charge in [-0.1, -0.05) is 30.3 Å². The second kappa shape index (κ2) is 8.44. The van der Waals surface area contributed by atoms with Gasteiger partial charge in [0.2, 0.25) is 5.91 Å². The maximum atomic E-state index is 11.9. The molecule has 1 atom stereocenters. The second-order valence-corrected chi connectivity index (χ2v) is 5.21. The van der Waals surface area contributed by atoms with Gasteiger partial charge >= 0.3 is 0 Å². The van der Waals surface area contributed by atoms with Crippen molar-refractivity contribution in [3.05, 3.63) is 70.3 Å². The monoisotopic (exact) mass is 343 g/mol. The van der Waals surface area contributed by atoms with Crippen molar-refractivity contribution in [3.63, 3.8) is 0 Å². The van der Waals surface area contributed by atoms with Gasteiger partial charge in [0.15, 0.2) is 6.10 Å². The number of hydrogen-bond acceptors (Lipinski definition) is 5. The number of hydrogen-bond donors (Lipinski definition) is 2. The first kappa shape index (κ1) is 17.9. The lowest BCUT2D eigenvalue weighted by Crippen LogP contribution is -2.47. The van der Waals surface area contributed by atoms with Gasteiger partial charge in [0.25, 0.3) is 11.6 Å². The Labute approximate surface area is 143 Å². The summed E-state index contributed by atoms with van der Waals surface area (Å²) in [4.78, 5) is 33.7. The molecule has 130 valence electrons. The Hall–Kier alpha value is -3.42. The molecule has 0 aliphatic rings. The number of benzene rings is 2. The van der Waals surface area contributed by atoms with E-state index >= 15 is 0 Å². The van der Waals surface area contributed by atoms with Crippen LogP contribution in [0.5, 0.6) is 5.75 Å². The lowest BCUT2D eigenvalue weighted by atomic mass is 10.1. The Morgan fingerprint density at radius 2 is 1.72 bits per heavy atom. The Kier molecular flexibility index (Phi) is 6.05. The van der Waals surface area contributed by atoms with Crippen LogP contribution < -0.4 is 15.6 Å². The van der Waals surface area contributed by atoms with E-state index in [1.165, 1.54) is 31.2 Å². The van der Waals surface area contributed by atoms with E-state index in [0.717, 1.165) is 5.56 Å². The topological polar surface area (TPSA) is 111 Å². The van der Waals surface area contributed by atoms with Crippen molar-refractivity contribution in [1.29, 1.82) is 0 Å². The summed E-state index contributed by atoms with van der Waals surface area (Å²) in [7, 11) is 0. The smallest absolute Gasteiger partial charge is 0.279 e. The quantitative estimate of drug-likeness (QED) is 0.613. The number of nitrogens with one attached hydrogen (secondary N) is 2. The van der Waals surface area contributed by atoms with E-state index in [9.17, 15) is 19.7 Å². The fourth-order valence-corrected chi connectivity index (χ4v) is 1.96. The molecule has 25 heavy (non-hydrogen) atoms. The number of nitrogens with zero attached hydrogens (tertiary/aromatic N) is 1. The SMILES string of the molecule is CC(Oc1ccc([N+](=O)[O-])cc1)C(=O)NNC(=O)Cc1ccccc1. The molecule has 0 heterocycles. The van der Waals surface area contributed by atoms with E-state index in [2.05, 4.69) is 10.9 Å². The van der Waals surface area contributed by atoms with Crippen molar-refractivity contribution < 1.29 is 19.2 Å². The van der Waals surface area contributed by atoms with Crippen LogP contribution in [0.25, 0.3) is 0 Å². The average Bonchev–Trinajstić information content (AvgIpc) is 2.61. The molecule has 8 heteroatoms. The van der Waals surface area contributed by atoms with E-state index in [-0.39, 0.29) is 18.0 Å². The van der Waals surface area contributed by atoms with Gasteiger partial charge in [0.05, 0.1) is 11.3 Å². The molecule has 2 aromatic carbocycles. The van der Waals surface area contributed by atoms with Crippen LogP contribution >= 0.6 is 0 Å². The lowest BCUT2D eigenvalue weighted by molar-refractivity contribution is -0.384. The van der Waals surface area contributed by atoms with Gasteiger partial charge in [-0.15, -0.1) is 0 Å². The molecule has 0 aromatic heterocycles. The zero-order valence-electron chi connectivity index (χ0n) is 13.5. The number of amides is 2. The van der Waals surface area contributed by atoms with E-state index in [1.807, 2.05) is 30.3 Å². The predicted molar refractivity (Wildman–Crippen MR) is 89.6 cm³/mol. The largest absolute Gasteiger partial charge is 0.481 e. The highest BCUT2D eigenvalue weighted by atomic mass is 16.6. The molecule has 2 aromatic rings. The van der Waals surface area contributed by atoms with Crippen LogP contribution in [0.1, 0.15) is 12.5 Å². The number of hydrazine groups is 1. The Balaban J connectivity index is 1.79. The fraction of sp³-hybridized carbons (Fsp3) is 0.176. The molecule has 2 amide bonds. The molecule has 0 saturated heterocycles. The maximum Gasteiger partial charge on any atom is 0.279 e. The number of nitro groups is 1. The first-order valence-electron chi connectivity index (χ1n) is 7.49. The molecule has 2 rings (SSSR count). The number of carbonyl (C=O) groups is 2. The van der Waals surface area contributed by atoms with Gasteiger partial charge in [-0.25, -0.2) is 0 Å². The minimum Gasteiger partial charge on any atom is -0.481 e. The van der Waals surface area contributed by atoms with Gasteiger partial charge in [-0.3, -0.25) is 30.6 Å². The number of ether oxygens (including phenoxy) is 1. The summed E-state index contributed by atoms with van der Waals surface area (Å²) < 4.78 is 5.38. The van der Waals surface area contributed by atoms with Crippen molar-refractivity contribution in [2.24, 2.45) is 0 Å². The number of non-ortho nitro benzene ring substituents is 1. The van der Waals surface area contributed by atoms with Crippen LogP contribution in [0.3, 0.4) is 0 Å². The highest BCUT2D eigenvalue weighted by molar-refractivity contribution is 5.85. The van der Waals surface area contributed by atoms with Gasteiger partial charge in [-0.05, 0) is 24.6 Å². The standard InChI is InChI=1S/C17H17N3O5/c1-12(25-15-9-7-14(8-10-15)20(23)24)17(22)19-18-16(21)11-13-5-3-2-4-6-13/h2-10,12H,11H2,1H3,(H,18,21)(H,19,22). The van der Waals surface area contributed by atoms with Crippen molar-refractivity contribution >= 4 is 17.5 Å². The first-order valence-corrected chi connectivity index (χ1v) is 7.49.